The van der Waals surface area contributed by atoms with Gasteiger partial charge in [-0.05, 0) is 51.4 Å². The number of unbranched alkanes of at least 4 members (excludes halogenated alkanes) is 31. The minimum atomic E-state index is -4.59. The van der Waals surface area contributed by atoms with E-state index in [1.165, 1.54) is 180 Å². The molecule has 3 unspecified atom stereocenters. The van der Waals surface area contributed by atoms with Crippen LogP contribution in [0.15, 0.2) is 36.5 Å². The van der Waals surface area contributed by atoms with Crippen LogP contribution in [0.2, 0.25) is 0 Å². The van der Waals surface area contributed by atoms with Crippen molar-refractivity contribution in [2.45, 2.75) is 257 Å². The van der Waals surface area contributed by atoms with Gasteiger partial charge in [0.2, 0.25) is 5.91 Å². The maximum atomic E-state index is 12.9. The molecule has 0 saturated heterocycles. The van der Waals surface area contributed by atoms with Crippen molar-refractivity contribution >= 4 is 13.7 Å². The molecule has 0 bridgehead atoms. The lowest BCUT2D eigenvalue weighted by Crippen LogP contribution is -2.45. The van der Waals surface area contributed by atoms with Gasteiger partial charge in [0.15, 0.2) is 0 Å². The summed E-state index contributed by atoms with van der Waals surface area (Å²) in [5.74, 6) is -0.200. The molecule has 3 atom stereocenters. The Morgan fingerprint density at radius 2 is 0.935 bits per heavy atom. The van der Waals surface area contributed by atoms with Crippen LogP contribution in [0.5, 0.6) is 0 Å². The lowest BCUT2D eigenvalue weighted by molar-refractivity contribution is -0.870. The maximum Gasteiger partial charge on any atom is 0.268 e. The normalized spacial score (nSPS) is 14.4. The molecular formula is C53H103N2O6P. The predicted octanol–water partition coefficient (Wildman–Crippen LogP) is 14.8. The van der Waals surface area contributed by atoms with Crippen LogP contribution in [0.3, 0.4) is 0 Å². The molecule has 8 nitrogen and oxygen atoms in total. The van der Waals surface area contributed by atoms with E-state index in [1.807, 2.05) is 27.2 Å². The number of rotatable bonds is 48. The summed E-state index contributed by atoms with van der Waals surface area (Å²) in [5.41, 5.74) is 0. The van der Waals surface area contributed by atoms with Gasteiger partial charge >= 0.3 is 0 Å². The lowest BCUT2D eigenvalue weighted by atomic mass is 10.0. The monoisotopic (exact) mass is 895 g/mol. The topological polar surface area (TPSA) is 108 Å². The van der Waals surface area contributed by atoms with Crippen molar-refractivity contribution in [1.82, 2.24) is 5.32 Å². The SMILES string of the molecule is CCCCCCC/C=C\C/C=C\CCCCCCCCCCCC(=O)NC(COP(=O)([O-])OCC[N+](C)(C)C)C(O)/C=C/CCCCCCCCCCCCCCCCCCC. The van der Waals surface area contributed by atoms with Crippen LogP contribution < -0.4 is 10.2 Å². The molecule has 0 aliphatic rings. The summed E-state index contributed by atoms with van der Waals surface area (Å²) >= 11 is 0. The first-order valence-corrected chi connectivity index (χ1v) is 27.8. The molecule has 0 aromatic rings. The molecule has 0 fully saturated rings. The molecule has 0 heterocycles. The first kappa shape index (κ1) is 60.7. The Balaban J connectivity index is 4.30. The zero-order chi connectivity index (χ0) is 45.7. The van der Waals surface area contributed by atoms with Crippen molar-refractivity contribution < 1.29 is 32.9 Å². The van der Waals surface area contributed by atoms with Gasteiger partial charge in [-0.1, -0.05) is 224 Å². The van der Waals surface area contributed by atoms with Crippen molar-refractivity contribution in [1.29, 1.82) is 0 Å². The van der Waals surface area contributed by atoms with Gasteiger partial charge in [0.05, 0.1) is 39.9 Å². The minimum absolute atomic E-state index is 0.00162. The summed E-state index contributed by atoms with van der Waals surface area (Å²) in [6.07, 6.45) is 56.2. The van der Waals surface area contributed by atoms with Crippen LogP contribution in [0.1, 0.15) is 245 Å². The van der Waals surface area contributed by atoms with E-state index in [-0.39, 0.29) is 19.1 Å². The Labute approximate surface area is 385 Å². The van der Waals surface area contributed by atoms with E-state index in [0.29, 0.717) is 17.4 Å². The van der Waals surface area contributed by atoms with Gasteiger partial charge in [-0.15, -0.1) is 0 Å². The van der Waals surface area contributed by atoms with Crippen LogP contribution >= 0.6 is 7.82 Å². The largest absolute Gasteiger partial charge is 0.756 e. The van der Waals surface area contributed by atoms with E-state index >= 15 is 0 Å². The summed E-state index contributed by atoms with van der Waals surface area (Å²) < 4.78 is 23.3. The van der Waals surface area contributed by atoms with E-state index in [4.69, 9.17) is 9.05 Å². The average Bonchev–Trinajstić information content (AvgIpc) is 3.23. The molecule has 1 amide bonds. The maximum absolute atomic E-state index is 12.9. The Kier molecular flexibility index (Phi) is 44.0. The Morgan fingerprint density at radius 3 is 1.34 bits per heavy atom. The molecule has 0 aromatic heterocycles. The number of allylic oxidation sites excluding steroid dienone is 5. The van der Waals surface area contributed by atoms with Crippen LogP contribution in [0.4, 0.5) is 0 Å². The molecular weight excluding hydrogens is 792 g/mol. The zero-order valence-electron chi connectivity index (χ0n) is 41.6. The molecule has 0 saturated carbocycles. The number of hydrogen-bond donors (Lipinski definition) is 2. The molecule has 366 valence electrons. The lowest BCUT2D eigenvalue weighted by Gasteiger charge is -2.29. The second-order valence-corrected chi connectivity index (χ2v) is 20.6. The third kappa shape index (κ3) is 46.7. The zero-order valence-corrected chi connectivity index (χ0v) is 42.5. The number of amides is 1. The Bertz CT molecular complexity index is 1110. The number of aliphatic hydroxyl groups excluding tert-OH is 1. The van der Waals surface area contributed by atoms with Gasteiger partial charge < -0.3 is 28.8 Å². The molecule has 62 heavy (non-hydrogen) atoms. The number of carbonyl (C=O) groups is 1. The highest BCUT2D eigenvalue weighted by atomic mass is 31.2. The van der Waals surface area contributed by atoms with E-state index in [1.54, 1.807) is 6.08 Å². The van der Waals surface area contributed by atoms with Crippen LogP contribution in [-0.4, -0.2) is 68.5 Å². The smallest absolute Gasteiger partial charge is 0.268 e. The number of nitrogens with zero attached hydrogens (tertiary/aromatic N) is 1. The number of quaternary nitrogens is 1. The molecule has 9 heteroatoms. The van der Waals surface area contributed by atoms with Gasteiger partial charge in [-0.3, -0.25) is 9.36 Å². The number of nitrogens with one attached hydrogen (secondary N) is 1. The Hall–Kier alpha value is -1.28. The molecule has 0 aromatic carbocycles. The van der Waals surface area contributed by atoms with Gasteiger partial charge in [0.1, 0.15) is 13.2 Å². The minimum Gasteiger partial charge on any atom is -0.756 e. The third-order valence-corrected chi connectivity index (χ3v) is 12.8. The second-order valence-electron chi connectivity index (χ2n) is 19.2. The van der Waals surface area contributed by atoms with E-state index < -0.39 is 20.0 Å². The van der Waals surface area contributed by atoms with Gasteiger partial charge in [-0.25, -0.2) is 0 Å². The third-order valence-electron chi connectivity index (χ3n) is 11.8. The van der Waals surface area contributed by atoms with Crippen molar-refractivity contribution in [3.8, 4) is 0 Å². The molecule has 2 N–H and O–H groups in total. The number of likely N-dealkylation sites (N-methyl/N-ethyl adjacent to an activating group) is 1. The number of phosphoric acid groups is 1. The number of aliphatic hydroxyl groups is 1. The number of hydrogen-bond acceptors (Lipinski definition) is 6. The molecule has 0 rings (SSSR count). The molecule has 0 aliphatic carbocycles. The average molecular weight is 895 g/mol. The molecule has 0 aliphatic heterocycles. The fourth-order valence-electron chi connectivity index (χ4n) is 7.65. The van der Waals surface area contributed by atoms with Crippen molar-refractivity contribution in [3.63, 3.8) is 0 Å². The highest BCUT2D eigenvalue weighted by Crippen LogP contribution is 2.38. The van der Waals surface area contributed by atoms with Crippen molar-refractivity contribution in [2.75, 3.05) is 40.9 Å². The van der Waals surface area contributed by atoms with Gasteiger partial charge in [0, 0.05) is 6.42 Å². The summed E-state index contributed by atoms with van der Waals surface area (Å²) in [7, 11) is 1.26. The first-order valence-electron chi connectivity index (χ1n) is 26.4. The van der Waals surface area contributed by atoms with E-state index in [2.05, 4.69) is 43.5 Å². The highest BCUT2D eigenvalue weighted by molar-refractivity contribution is 7.45. The summed E-state index contributed by atoms with van der Waals surface area (Å²) in [5, 5.41) is 13.9. The first-order chi connectivity index (χ1) is 30.0. The van der Waals surface area contributed by atoms with E-state index in [0.717, 1.165) is 44.9 Å². The number of carbonyl (C=O) groups excluding carboxylic acids is 1. The van der Waals surface area contributed by atoms with Crippen molar-refractivity contribution in [3.05, 3.63) is 36.5 Å². The van der Waals surface area contributed by atoms with Gasteiger partial charge in [-0.2, -0.15) is 0 Å². The summed E-state index contributed by atoms with van der Waals surface area (Å²) in [4.78, 5) is 25.4. The Morgan fingerprint density at radius 1 is 0.565 bits per heavy atom. The standard InChI is InChI=1S/C53H103N2O6P/c1-6-8-10-12-14-16-18-20-22-24-26-27-29-31-33-35-37-39-41-43-45-47-53(57)54-51(50-61-62(58,59)60-49-48-55(3,4)5)52(56)46-44-42-40-38-36-34-32-30-28-25-23-21-19-17-15-13-11-9-7-2/h18,20,24,26,44,46,51-52,56H,6-17,19,21-23,25,27-43,45,47-50H2,1-5H3,(H-,54,57,58,59)/b20-18-,26-24-,46-44+. The fourth-order valence-corrected chi connectivity index (χ4v) is 8.38. The van der Waals surface area contributed by atoms with Gasteiger partial charge in [0.25, 0.3) is 7.82 Å². The van der Waals surface area contributed by atoms with Crippen LogP contribution in [0.25, 0.3) is 0 Å². The summed E-state index contributed by atoms with van der Waals surface area (Å²) in [6.45, 7) is 4.66. The van der Waals surface area contributed by atoms with Crippen molar-refractivity contribution in [2.24, 2.45) is 0 Å². The fraction of sp³-hybridized carbons (Fsp3) is 0.868. The van der Waals surface area contributed by atoms with E-state index in [9.17, 15) is 19.4 Å². The quantitative estimate of drug-likeness (QED) is 0.0273. The highest BCUT2D eigenvalue weighted by Gasteiger charge is 2.23. The molecule has 0 spiro atoms. The summed E-state index contributed by atoms with van der Waals surface area (Å²) in [6, 6.07) is -0.888. The predicted molar refractivity (Wildman–Crippen MR) is 265 cm³/mol. The number of phosphoric ester groups is 1. The van der Waals surface area contributed by atoms with Crippen LogP contribution in [0, 0.1) is 0 Å². The van der Waals surface area contributed by atoms with Crippen LogP contribution in [-0.2, 0) is 18.4 Å². The molecule has 0 radical (unpaired) electrons. The second kappa shape index (κ2) is 44.9.